The summed E-state index contributed by atoms with van der Waals surface area (Å²) in [6, 6.07) is 9.13. The van der Waals surface area contributed by atoms with E-state index in [1.165, 1.54) is 22.2 Å². The van der Waals surface area contributed by atoms with E-state index in [1.807, 2.05) is 4.90 Å². The fourth-order valence-electron chi connectivity index (χ4n) is 2.71. The van der Waals surface area contributed by atoms with Crippen LogP contribution in [-0.2, 0) is 24.4 Å². The molecular formula is C18H16ClN3O3S2. The van der Waals surface area contributed by atoms with Crippen molar-refractivity contribution < 1.29 is 13.9 Å². The molecule has 1 aliphatic heterocycles. The van der Waals surface area contributed by atoms with Crippen molar-refractivity contribution in [2.75, 3.05) is 12.3 Å². The quantitative estimate of drug-likeness (QED) is 0.559. The molecule has 0 saturated heterocycles. The predicted octanol–water partition coefficient (Wildman–Crippen LogP) is 4.04. The maximum Gasteiger partial charge on any atom is 0.277 e. The van der Waals surface area contributed by atoms with Crippen molar-refractivity contribution in [2.45, 2.75) is 24.8 Å². The number of ether oxygens (including phenoxy) is 1. The highest BCUT2D eigenvalue weighted by Gasteiger charge is 2.22. The second kappa shape index (κ2) is 8.33. The van der Waals surface area contributed by atoms with Gasteiger partial charge in [-0.3, -0.25) is 4.79 Å². The summed E-state index contributed by atoms with van der Waals surface area (Å²) < 4.78 is 11.1. The third kappa shape index (κ3) is 4.63. The van der Waals surface area contributed by atoms with E-state index in [-0.39, 0.29) is 18.3 Å². The van der Waals surface area contributed by atoms with Gasteiger partial charge in [-0.2, -0.15) is 0 Å². The minimum Gasteiger partial charge on any atom is -0.484 e. The number of halogens is 1. The number of thiophene rings is 1. The van der Waals surface area contributed by atoms with Crippen molar-refractivity contribution in [3.8, 4) is 5.75 Å². The SMILES string of the molecule is O=C(CSc1nnc(COc2ccc(Cl)cc2)o1)N1CCc2sccc2C1. The van der Waals surface area contributed by atoms with E-state index < -0.39 is 0 Å². The van der Waals surface area contributed by atoms with Gasteiger partial charge in [0.05, 0.1) is 5.75 Å². The van der Waals surface area contributed by atoms with Gasteiger partial charge in [-0.1, -0.05) is 23.4 Å². The van der Waals surface area contributed by atoms with Gasteiger partial charge in [0, 0.05) is 23.0 Å². The number of aromatic nitrogens is 2. The Balaban J connectivity index is 1.25. The first-order chi connectivity index (χ1) is 13.2. The molecule has 1 amide bonds. The number of carbonyl (C=O) groups is 1. The topological polar surface area (TPSA) is 68.5 Å². The molecule has 0 spiro atoms. The summed E-state index contributed by atoms with van der Waals surface area (Å²) in [6.07, 6.45) is 0.927. The van der Waals surface area contributed by atoms with Crippen LogP contribution in [0.15, 0.2) is 45.4 Å². The zero-order chi connectivity index (χ0) is 18.6. The molecule has 0 aliphatic carbocycles. The molecule has 0 radical (unpaired) electrons. The van der Waals surface area contributed by atoms with Crippen molar-refractivity contribution >= 4 is 40.6 Å². The third-order valence-corrected chi connectivity index (χ3v) is 6.18. The van der Waals surface area contributed by atoms with Gasteiger partial charge in [-0.05, 0) is 47.7 Å². The number of thioether (sulfide) groups is 1. The Morgan fingerprint density at radius 1 is 1.30 bits per heavy atom. The molecule has 2 aromatic heterocycles. The summed E-state index contributed by atoms with van der Waals surface area (Å²) in [7, 11) is 0. The van der Waals surface area contributed by atoms with Crippen LogP contribution in [-0.4, -0.2) is 33.3 Å². The number of fused-ring (bicyclic) bond motifs is 1. The van der Waals surface area contributed by atoms with Gasteiger partial charge in [-0.25, -0.2) is 0 Å². The van der Waals surface area contributed by atoms with Crippen molar-refractivity contribution in [3.63, 3.8) is 0 Å². The Hall–Kier alpha value is -2.03. The summed E-state index contributed by atoms with van der Waals surface area (Å²) in [6.45, 7) is 1.61. The van der Waals surface area contributed by atoms with Crippen LogP contribution in [0.25, 0.3) is 0 Å². The lowest BCUT2D eigenvalue weighted by Gasteiger charge is -2.26. The van der Waals surface area contributed by atoms with Crippen LogP contribution in [0.5, 0.6) is 5.75 Å². The summed E-state index contributed by atoms with van der Waals surface area (Å²) in [4.78, 5) is 15.7. The highest BCUT2D eigenvalue weighted by Crippen LogP contribution is 2.25. The second-order valence-electron chi connectivity index (χ2n) is 5.93. The van der Waals surface area contributed by atoms with Gasteiger partial charge in [0.2, 0.25) is 5.91 Å². The highest BCUT2D eigenvalue weighted by molar-refractivity contribution is 7.99. The van der Waals surface area contributed by atoms with Crippen LogP contribution >= 0.6 is 34.7 Å². The summed E-state index contributed by atoms with van der Waals surface area (Å²) in [5.74, 6) is 1.38. The summed E-state index contributed by atoms with van der Waals surface area (Å²) in [5.41, 5.74) is 1.25. The van der Waals surface area contributed by atoms with Crippen LogP contribution in [0.2, 0.25) is 5.02 Å². The fraction of sp³-hybridized carbons (Fsp3) is 0.278. The van der Waals surface area contributed by atoms with E-state index in [2.05, 4.69) is 21.6 Å². The van der Waals surface area contributed by atoms with E-state index in [4.69, 9.17) is 20.8 Å². The Morgan fingerprint density at radius 2 is 2.15 bits per heavy atom. The molecule has 1 aliphatic rings. The highest BCUT2D eigenvalue weighted by atomic mass is 35.5. The normalized spacial score (nSPS) is 13.4. The second-order valence-corrected chi connectivity index (χ2v) is 8.29. The molecule has 4 rings (SSSR count). The van der Waals surface area contributed by atoms with Crippen LogP contribution in [0.4, 0.5) is 0 Å². The first kappa shape index (κ1) is 18.3. The van der Waals surface area contributed by atoms with Crippen LogP contribution in [0, 0.1) is 0 Å². The number of hydrogen-bond donors (Lipinski definition) is 0. The van der Waals surface area contributed by atoms with Gasteiger partial charge in [0.25, 0.3) is 11.1 Å². The van der Waals surface area contributed by atoms with Gasteiger partial charge < -0.3 is 14.1 Å². The average molecular weight is 422 g/mol. The molecule has 1 aromatic carbocycles. The number of rotatable bonds is 6. The van der Waals surface area contributed by atoms with Gasteiger partial charge in [-0.15, -0.1) is 21.5 Å². The van der Waals surface area contributed by atoms with Crippen LogP contribution < -0.4 is 4.74 Å². The molecule has 0 fully saturated rings. The molecule has 0 unspecified atom stereocenters. The van der Waals surface area contributed by atoms with Gasteiger partial charge in [0.1, 0.15) is 5.75 Å². The minimum absolute atomic E-state index is 0.0778. The van der Waals surface area contributed by atoms with E-state index in [0.29, 0.717) is 28.4 Å². The van der Waals surface area contributed by atoms with Crippen molar-refractivity contribution in [2.24, 2.45) is 0 Å². The first-order valence-corrected chi connectivity index (χ1v) is 10.6. The zero-order valence-corrected chi connectivity index (χ0v) is 16.6. The smallest absolute Gasteiger partial charge is 0.277 e. The lowest BCUT2D eigenvalue weighted by Crippen LogP contribution is -2.36. The lowest BCUT2D eigenvalue weighted by atomic mass is 10.1. The Bertz CT molecular complexity index is 926. The molecule has 0 atom stereocenters. The molecule has 140 valence electrons. The molecule has 9 heteroatoms. The largest absolute Gasteiger partial charge is 0.484 e. The number of nitrogens with zero attached hydrogens (tertiary/aromatic N) is 3. The number of carbonyl (C=O) groups excluding carboxylic acids is 1. The molecule has 3 aromatic rings. The number of amides is 1. The minimum atomic E-state index is 0.0778. The van der Waals surface area contributed by atoms with Crippen LogP contribution in [0.1, 0.15) is 16.3 Å². The van der Waals surface area contributed by atoms with Crippen LogP contribution in [0.3, 0.4) is 0 Å². The predicted molar refractivity (Wildman–Crippen MR) is 104 cm³/mol. The van der Waals surface area contributed by atoms with Crippen molar-refractivity contribution in [1.82, 2.24) is 15.1 Å². The van der Waals surface area contributed by atoms with Gasteiger partial charge >= 0.3 is 0 Å². The molecule has 0 bridgehead atoms. The maximum atomic E-state index is 12.4. The standard InChI is InChI=1S/C18H16ClN3O3S2/c19-13-1-3-14(4-2-13)24-10-16-20-21-18(25-16)27-11-17(23)22-7-5-15-12(9-22)6-8-26-15/h1-4,6,8H,5,7,9-11H2. The lowest BCUT2D eigenvalue weighted by molar-refractivity contribution is -0.129. The molecule has 3 heterocycles. The first-order valence-electron chi connectivity index (χ1n) is 8.34. The van der Waals surface area contributed by atoms with E-state index >= 15 is 0 Å². The number of benzene rings is 1. The van der Waals surface area contributed by atoms with Crippen molar-refractivity contribution in [1.29, 1.82) is 0 Å². The van der Waals surface area contributed by atoms with Crippen molar-refractivity contribution in [3.05, 3.63) is 57.1 Å². The third-order valence-electron chi connectivity index (χ3n) is 4.10. The maximum absolute atomic E-state index is 12.4. The molecule has 27 heavy (non-hydrogen) atoms. The molecule has 6 nitrogen and oxygen atoms in total. The monoisotopic (exact) mass is 421 g/mol. The molecule has 0 N–H and O–H groups in total. The number of hydrogen-bond acceptors (Lipinski definition) is 7. The summed E-state index contributed by atoms with van der Waals surface area (Å²) in [5, 5.41) is 11.0. The Labute approximate surface area is 169 Å². The Morgan fingerprint density at radius 3 is 3.00 bits per heavy atom. The van der Waals surface area contributed by atoms with E-state index in [9.17, 15) is 4.79 Å². The van der Waals surface area contributed by atoms with E-state index in [0.717, 1.165) is 13.0 Å². The molecule has 0 saturated carbocycles. The zero-order valence-electron chi connectivity index (χ0n) is 14.3. The Kier molecular flexibility index (Phi) is 5.66. The average Bonchev–Trinajstić information content (AvgIpc) is 3.34. The summed E-state index contributed by atoms with van der Waals surface area (Å²) >= 11 is 8.85. The molecular weight excluding hydrogens is 406 g/mol. The fourth-order valence-corrected chi connectivity index (χ4v) is 4.41. The van der Waals surface area contributed by atoms with E-state index in [1.54, 1.807) is 35.6 Å². The van der Waals surface area contributed by atoms with Gasteiger partial charge in [0.15, 0.2) is 6.61 Å².